The lowest BCUT2D eigenvalue weighted by Crippen LogP contribution is -2.54. The maximum Gasteiger partial charge on any atom is 0.311 e. The third-order valence-corrected chi connectivity index (χ3v) is 17.6. The van der Waals surface area contributed by atoms with E-state index in [0.717, 1.165) is 34.3 Å². The molecule has 358 valence electrons. The standard InChI is InChI=1S/C48H64Cl4N3O9S/c1-9-54-35-24-37-33(22-31(35)29(4)26-47(54,5)6)39(40-41(46(56)63-11-3)43(50)45(52)44(51)42(40)49)34-23-32-30(27-48(7,8)55(10-2)36(32)25-38(34)64-37)28-65(57,58)53-12-14-59-16-18-61-20-21-62-19-17-60-15-13-53/h22-27,40-45H,9-21,28H2,1-8H3/q+1. The largest absolute Gasteiger partial charge is 0.466 e. The van der Waals surface area contributed by atoms with Crippen molar-refractivity contribution in [3.05, 3.63) is 63.7 Å². The van der Waals surface area contributed by atoms with E-state index in [2.05, 4.69) is 76.2 Å². The molecule has 0 radical (unpaired) electrons. The predicted octanol–water partition coefficient (Wildman–Crippen LogP) is 6.65. The highest BCUT2D eigenvalue weighted by molar-refractivity contribution is 7.89. The van der Waals surface area contributed by atoms with Crippen LogP contribution in [-0.4, -0.2) is 143 Å². The average molecular weight is 1000 g/mol. The summed E-state index contributed by atoms with van der Waals surface area (Å²) in [5.41, 5.74) is 5.01. The van der Waals surface area contributed by atoms with Crippen LogP contribution >= 0.6 is 46.4 Å². The second kappa shape index (κ2) is 20.7. The van der Waals surface area contributed by atoms with Crippen molar-refractivity contribution in [1.82, 2.24) is 8.88 Å². The minimum atomic E-state index is -3.96. The number of anilines is 1. The van der Waals surface area contributed by atoms with Crippen LogP contribution in [0.3, 0.4) is 0 Å². The first-order valence-corrected chi connectivity index (χ1v) is 26.1. The van der Waals surface area contributed by atoms with Crippen LogP contribution in [0.5, 0.6) is 11.5 Å². The normalized spacial score (nSPS) is 27.7. The molecule has 0 aromatic heterocycles. The highest BCUT2D eigenvalue weighted by atomic mass is 35.5. The second-order valence-electron chi connectivity index (χ2n) is 18.2. The number of hydrogen-bond acceptors (Lipinski definition) is 10. The fraction of sp³-hybridized carbons (Fsp3) is 0.625. The zero-order chi connectivity index (χ0) is 47.0. The fourth-order valence-electron chi connectivity index (χ4n) is 10.3. The van der Waals surface area contributed by atoms with Gasteiger partial charge in [0, 0.05) is 67.5 Å². The molecule has 1 saturated heterocycles. The molecule has 0 bridgehead atoms. The Hall–Kier alpha value is -2.43. The summed E-state index contributed by atoms with van der Waals surface area (Å²) in [6, 6.07) is 8.18. The summed E-state index contributed by atoms with van der Waals surface area (Å²) >= 11 is 28.6. The molecule has 7 rings (SSSR count). The molecular formula is C48H64Cl4N3O9S+. The van der Waals surface area contributed by atoms with Gasteiger partial charge in [0.15, 0.2) is 5.54 Å². The monoisotopic (exact) mass is 998 g/mol. The SMILES string of the molecule is CCOC(=O)C1C(Cl)C(Cl)C(Cl)C(Cl)C1C1=c2cc3c(cc2Oc2cc4c(cc21)C(C)=CC(C)(C)N4CC)=[N+](CC)C(C)(C)C=C3CS(=O)(=O)N1CCOCCOCCOCCOCC1. The maximum absolute atomic E-state index is 14.7. The topological polar surface area (TPSA) is 116 Å². The Balaban J connectivity index is 1.45. The summed E-state index contributed by atoms with van der Waals surface area (Å²) in [6.45, 7) is 21.0. The molecule has 12 nitrogen and oxygen atoms in total. The van der Waals surface area contributed by atoms with Crippen LogP contribution in [-0.2, 0) is 38.5 Å². The number of hydrogen-bond donors (Lipinski definition) is 0. The van der Waals surface area contributed by atoms with Crippen LogP contribution < -0.4 is 24.8 Å². The van der Waals surface area contributed by atoms with Gasteiger partial charge in [-0.05, 0) is 76.5 Å². The van der Waals surface area contributed by atoms with Gasteiger partial charge in [0.2, 0.25) is 15.4 Å². The fourth-order valence-corrected chi connectivity index (χ4v) is 13.5. The molecule has 2 aromatic rings. The van der Waals surface area contributed by atoms with Crippen LogP contribution in [0.2, 0.25) is 0 Å². The number of carbonyl (C=O) groups is 1. The van der Waals surface area contributed by atoms with E-state index in [1.165, 1.54) is 4.31 Å². The summed E-state index contributed by atoms with van der Waals surface area (Å²) < 4.78 is 68.7. The number of esters is 1. The molecule has 4 aliphatic heterocycles. The minimum Gasteiger partial charge on any atom is -0.466 e. The zero-order valence-corrected chi connectivity index (χ0v) is 42.6. The highest BCUT2D eigenvalue weighted by Crippen LogP contribution is 2.52. The number of carbonyl (C=O) groups excluding carboxylic acids is 1. The Bertz CT molecular complexity index is 2410. The van der Waals surface area contributed by atoms with Crippen molar-refractivity contribution >= 4 is 84.8 Å². The number of benzene rings is 2. The Labute approximate surface area is 404 Å². The molecular weight excluding hydrogens is 936 g/mol. The number of nitrogens with zero attached hydrogens (tertiary/aromatic N) is 3. The van der Waals surface area contributed by atoms with E-state index in [1.807, 2.05) is 18.2 Å². The van der Waals surface area contributed by atoms with Gasteiger partial charge in [-0.1, -0.05) is 6.08 Å². The Morgan fingerprint density at radius 1 is 0.769 bits per heavy atom. The molecule has 17 heteroatoms. The van der Waals surface area contributed by atoms with Gasteiger partial charge in [-0.3, -0.25) is 4.79 Å². The van der Waals surface area contributed by atoms with Crippen molar-refractivity contribution in [2.24, 2.45) is 11.8 Å². The number of ether oxygens (including phenoxy) is 6. The molecule has 2 fully saturated rings. The zero-order valence-electron chi connectivity index (χ0n) is 38.8. The lowest BCUT2D eigenvalue weighted by Gasteiger charge is -2.45. The van der Waals surface area contributed by atoms with E-state index in [9.17, 15) is 13.2 Å². The molecule has 6 unspecified atom stereocenters. The van der Waals surface area contributed by atoms with E-state index in [4.69, 9.17) is 74.8 Å². The Kier molecular flexibility index (Phi) is 16.0. The van der Waals surface area contributed by atoms with Crippen LogP contribution in [0.15, 0.2) is 36.4 Å². The first-order valence-electron chi connectivity index (χ1n) is 22.8. The van der Waals surface area contributed by atoms with Crippen molar-refractivity contribution in [1.29, 1.82) is 0 Å². The average Bonchev–Trinajstić information content (AvgIpc) is 3.25. The third kappa shape index (κ3) is 10.2. The second-order valence-corrected chi connectivity index (χ2v) is 22.2. The molecule has 1 saturated carbocycles. The van der Waals surface area contributed by atoms with Gasteiger partial charge in [-0.25, -0.2) is 13.0 Å². The molecule has 1 aliphatic carbocycles. The van der Waals surface area contributed by atoms with E-state index >= 15 is 0 Å². The van der Waals surface area contributed by atoms with Crippen LogP contribution in [0, 0.1) is 11.8 Å². The smallest absolute Gasteiger partial charge is 0.311 e. The molecule has 65 heavy (non-hydrogen) atoms. The molecule has 0 spiro atoms. The van der Waals surface area contributed by atoms with Crippen molar-refractivity contribution in [2.75, 3.05) is 96.3 Å². The number of sulfonamides is 1. The van der Waals surface area contributed by atoms with Crippen LogP contribution in [0.25, 0.3) is 16.7 Å². The third-order valence-electron chi connectivity index (χ3n) is 13.2. The number of halogens is 4. The number of rotatable bonds is 8. The van der Waals surface area contributed by atoms with Gasteiger partial charge >= 0.3 is 5.97 Å². The van der Waals surface area contributed by atoms with Gasteiger partial charge in [0.05, 0.1) is 110 Å². The molecule has 5 aliphatic rings. The number of likely N-dealkylation sites (N-methyl/N-ethyl adjacent to an activating group) is 2. The number of fused-ring (bicyclic) bond motifs is 4. The Morgan fingerprint density at radius 2 is 1.37 bits per heavy atom. The maximum atomic E-state index is 14.7. The number of allylic oxidation sites excluding steroid dienone is 1. The summed E-state index contributed by atoms with van der Waals surface area (Å²) in [7, 11) is -3.96. The number of alkyl halides is 4. The van der Waals surface area contributed by atoms with E-state index in [1.54, 1.807) is 6.92 Å². The van der Waals surface area contributed by atoms with Crippen molar-refractivity contribution in [3.8, 4) is 11.5 Å². The van der Waals surface area contributed by atoms with Crippen molar-refractivity contribution in [3.63, 3.8) is 0 Å². The first kappa shape index (κ1) is 50.4. The predicted molar refractivity (Wildman–Crippen MR) is 260 cm³/mol. The summed E-state index contributed by atoms with van der Waals surface area (Å²) in [6.07, 6.45) is 4.30. The van der Waals surface area contributed by atoms with E-state index in [-0.39, 0.29) is 44.2 Å². The lowest BCUT2D eigenvalue weighted by molar-refractivity contribution is -0.149. The van der Waals surface area contributed by atoms with Gasteiger partial charge in [-0.2, -0.15) is 4.31 Å². The highest BCUT2D eigenvalue weighted by Gasteiger charge is 2.54. The molecule has 4 heterocycles. The quantitative estimate of drug-likeness (QED) is 0.162. The first-order chi connectivity index (χ1) is 30.9. The van der Waals surface area contributed by atoms with Gasteiger partial charge < -0.3 is 33.3 Å². The van der Waals surface area contributed by atoms with Gasteiger partial charge in [0.1, 0.15) is 18.0 Å². The van der Waals surface area contributed by atoms with Crippen LogP contribution in [0.1, 0.15) is 72.1 Å². The van der Waals surface area contributed by atoms with Gasteiger partial charge in [-0.15, -0.1) is 46.4 Å². The van der Waals surface area contributed by atoms with E-state index in [0.29, 0.717) is 79.6 Å². The summed E-state index contributed by atoms with van der Waals surface area (Å²) in [4.78, 5) is 16.5. The summed E-state index contributed by atoms with van der Waals surface area (Å²) in [5, 5.41) is -2.02. The lowest BCUT2D eigenvalue weighted by atomic mass is 9.70. The molecule has 0 N–H and O–H groups in total. The van der Waals surface area contributed by atoms with Crippen molar-refractivity contribution in [2.45, 2.75) is 88.0 Å². The molecule has 6 atom stereocenters. The molecule has 2 aromatic carbocycles. The minimum absolute atomic E-state index is 0.124. The van der Waals surface area contributed by atoms with E-state index < -0.39 is 54.9 Å². The van der Waals surface area contributed by atoms with Crippen LogP contribution in [0.4, 0.5) is 5.69 Å². The molecule has 0 amide bonds. The summed E-state index contributed by atoms with van der Waals surface area (Å²) in [5.74, 6) is -1.50. The Morgan fingerprint density at radius 3 is 1.95 bits per heavy atom. The van der Waals surface area contributed by atoms with Crippen molar-refractivity contribution < 1.29 is 41.6 Å². The van der Waals surface area contributed by atoms with Gasteiger partial charge in [0.25, 0.3) is 0 Å².